The summed E-state index contributed by atoms with van der Waals surface area (Å²) >= 11 is 0.992. The molecule has 0 spiro atoms. The van der Waals surface area contributed by atoms with Gasteiger partial charge in [-0.05, 0) is 42.3 Å². The second-order valence-electron chi connectivity index (χ2n) is 6.48. The van der Waals surface area contributed by atoms with Crippen LogP contribution in [-0.4, -0.2) is 27.7 Å². The van der Waals surface area contributed by atoms with Crippen molar-refractivity contribution in [2.24, 2.45) is 7.05 Å². The Morgan fingerprint density at radius 2 is 1.64 bits per heavy atom. The molecule has 0 aliphatic rings. The van der Waals surface area contributed by atoms with Gasteiger partial charge in [0.25, 0.3) is 0 Å². The van der Waals surface area contributed by atoms with Crippen LogP contribution in [0, 0.1) is 0 Å². The number of nitrogens with one attached hydrogen (secondary N) is 1. The molecule has 0 aliphatic heterocycles. The van der Waals surface area contributed by atoms with Crippen LogP contribution >= 0.6 is 11.3 Å². The van der Waals surface area contributed by atoms with Crippen LogP contribution in [0.15, 0.2) is 57.1 Å². The third-order valence-electron chi connectivity index (χ3n) is 4.49. The fraction of sp³-hybridized carbons (Fsp3) is 0.278. The van der Waals surface area contributed by atoms with Crippen molar-refractivity contribution in [2.75, 3.05) is 6.26 Å². The highest BCUT2D eigenvalue weighted by molar-refractivity contribution is 7.90. The van der Waals surface area contributed by atoms with Crippen molar-refractivity contribution >= 4 is 41.4 Å². The van der Waals surface area contributed by atoms with Gasteiger partial charge in [0.1, 0.15) is 0 Å². The molecule has 0 aliphatic carbocycles. The molecule has 1 N–H and O–H groups in total. The van der Waals surface area contributed by atoms with Gasteiger partial charge in [-0.25, -0.2) is 21.6 Å². The van der Waals surface area contributed by atoms with Crippen LogP contribution in [0.2, 0.25) is 0 Å². The van der Waals surface area contributed by atoms with E-state index in [2.05, 4.69) is 4.72 Å². The van der Waals surface area contributed by atoms with E-state index < -0.39 is 25.9 Å². The van der Waals surface area contributed by atoms with Crippen molar-refractivity contribution in [3.8, 4) is 0 Å². The van der Waals surface area contributed by atoms with Crippen LogP contribution < -0.4 is 9.60 Å². The number of nitrogens with zero attached hydrogens (tertiary/aromatic N) is 1. The molecule has 0 unspecified atom stereocenters. The lowest BCUT2D eigenvalue weighted by atomic mass is 10.1. The summed E-state index contributed by atoms with van der Waals surface area (Å²) in [5, 5.41) is 0. The smallest absolute Gasteiger partial charge is 0.302 e. The summed E-state index contributed by atoms with van der Waals surface area (Å²) in [4.78, 5) is 11.9. The summed E-state index contributed by atoms with van der Waals surface area (Å²) in [6.07, 6.45) is 1.61. The van der Waals surface area contributed by atoms with Crippen molar-refractivity contribution in [3.05, 3.63) is 57.7 Å². The van der Waals surface area contributed by atoms with E-state index in [-0.39, 0.29) is 14.7 Å². The molecule has 1 heterocycles. The van der Waals surface area contributed by atoms with Gasteiger partial charge >= 0.3 is 4.87 Å². The van der Waals surface area contributed by atoms with Gasteiger partial charge in [-0.3, -0.25) is 4.79 Å². The number of aryl methyl sites for hydroxylation is 1. The average molecular weight is 441 g/mol. The monoisotopic (exact) mass is 440 g/mol. The van der Waals surface area contributed by atoms with Crippen LogP contribution in [0.3, 0.4) is 0 Å². The van der Waals surface area contributed by atoms with Gasteiger partial charge in [0.05, 0.1) is 20.0 Å². The van der Waals surface area contributed by atoms with E-state index in [0.29, 0.717) is 22.2 Å². The normalized spacial score (nSPS) is 13.7. The second-order valence-corrected chi connectivity index (χ2v) is 11.2. The van der Waals surface area contributed by atoms with Crippen molar-refractivity contribution in [1.82, 2.24) is 9.29 Å². The fourth-order valence-corrected chi connectivity index (χ4v) is 5.83. The van der Waals surface area contributed by atoms with Gasteiger partial charge in [-0.1, -0.05) is 30.4 Å². The molecule has 2 aromatic carbocycles. The summed E-state index contributed by atoms with van der Waals surface area (Å²) in [7, 11) is -5.50. The molecule has 10 heteroatoms. The van der Waals surface area contributed by atoms with Gasteiger partial charge in [0.15, 0.2) is 9.84 Å². The molecule has 1 aromatic heterocycles. The van der Waals surface area contributed by atoms with E-state index in [1.165, 1.54) is 28.8 Å². The predicted octanol–water partition coefficient (Wildman–Crippen LogP) is 2.43. The second kappa shape index (κ2) is 7.43. The predicted molar refractivity (Wildman–Crippen MR) is 110 cm³/mol. The maximum atomic E-state index is 12.8. The summed E-state index contributed by atoms with van der Waals surface area (Å²) in [5.41, 5.74) is 1.35. The van der Waals surface area contributed by atoms with E-state index >= 15 is 0 Å². The fourth-order valence-electron chi connectivity index (χ4n) is 2.87. The Hall–Kier alpha value is -2.01. The first kappa shape index (κ1) is 20.7. The lowest BCUT2D eigenvalue weighted by Crippen LogP contribution is -2.28. The third-order valence-corrected chi connectivity index (χ3v) is 8.08. The molecule has 1 atom stereocenters. The molecular formula is C18H20N2O5S3. The van der Waals surface area contributed by atoms with E-state index in [0.717, 1.165) is 17.6 Å². The number of benzene rings is 2. The first-order valence-electron chi connectivity index (χ1n) is 8.45. The minimum absolute atomic E-state index is 0.0769. The molecule has 28 heavy (non-hydrogen) atoms. The molecule has 7 nitrogen and oxygen atoms in total. The van der Waals surface area contributed by atoms with E-state index in [1.807, 2.05) is 6.92 Å². The SMILES string of the molecule is CC[C@@H](NS(=O)(=O)c1ccc2c(c1)sc(=O)n2C)c1ccc(S(C)(=O)=O)cc1. The Bertz CT molecular complexity index is 1290. The van der Waals surface area contributed by atoms with Gasteiger partial charge in [-0.15, -0.1) is 0 Å². The van der Waals surface area contributed by atoms with Crippen molar-refractivity contribution in [2.45, 2.75) is 29.2 Å². The lowest BCUT2D eigenvalue weighted by molar-refractivity contribution is 0.550. The van der Waals surface area contributed by atoms with Crippen molar-refractivity contribution in [1.29, 1.82) is 0 Å². The van der Waals surface area contributed by atoms with Crippen LogP contribution in [0.25, 0.3) is 10.2 Å². The van der Waals surface area contributed by atoms with Crippen LogP contribution in [0.4, 0.5) is 0 Å². The largest absolute Gasteiger partial charge is 0.307 e. The minimum atomic E-state index is -3.83. The molecule has 150 valence electrons. The zero-order chi connectivity index (χ0) is 20.7. The minimum Gasteiger partial charge on any atom is -0.302 e. The van der Waals surface area contributed by atoms with Gasteiger partial charge in [-0.2, -0.15) is 0 Å². The molecule has 0 saturated carbocycles. The van der Waals surface area contributed by atoms with Crippen molar-refractivity contribution < 1.29 is 16.8 Å². The van der Waals surface area contributed by atoms with Crippen LogP contribution in [-0.2, 0) is 26.9 Å². The van der Waals surface area contributed by atoms with E-state index in [9.17, 15) is 21.6 Å². The maximum Gasteiger partial charge on any atom is 0.307 e. The Morgan fingerprint density at radius 1 is 1.04 bits per heavy atom. The highest BCUT2D eigenvalue weighted by Crippen LogP contribution is 2.25. The molecule has 3 rings (SSSR count). The Balaban J connectivity index is 1.92. The number of hydrogen-bond donors (Lipinski definition) is 1. The Labute approximate surface area is 167 Å². The summed E-state index contributed by atoms with van der Waals surface area (Å²) in [6, 6.07) is 10.2. The third kappa shape index (κ3) is 4.04. The number of sulfonamides is 1. The number of rotatable bonds is 6. The zero-order valence-corrected chi connectivity index (χ0v) is 18.0. The standard InChI is InChI=1S/C18H20N2O5S3/c1-4-15(12-5-7-13(8-6-12)27(3,22)23)19-28(24,25)14-9-10-16-17(11-14)26-18(21)20(16)2/h5-11,15,19H,4H2,1-3H3/t15-/m1/s1. The number of hydrogen-bond acceptors (Lipinski definition) is 6. The maximum absolute atomic E-state index is 12.8. The average Bonchev–Trinajstić information content (AvgIpc) is 2.93. The topological polar surface area (TPSA) is 102 Å². The van der Waals surface area contributed by atoms with Gasteiger partial charge in [0.2, 0.25) is 10.0 Å². The Kier molecular flexibility index (Phi) is 5.50. The molecule has 0 radical (unpaired) electrons. The van der Waals surface area contributed by atoms with E-state index in [4.69, 9.17) is 0 Å². The van der Waals surface area contributed by atoms with Gasteiger partial charge in [0, 0.05) is 19.3 Å². The first-order chi connectivity index (χ1) is 13.0. The molecule has 3 aromatic rings. The van der Waals surface area contributed by atoms with Crippen molar-refractivity contribution in [3.63, 3.8) is 0 Å². The quantitative estimate of drug-likeness (QED) is 0.634. The first-order valence-corrected chi connectivity index (χ1v) is 12.6. The number of thiazole rings is 1. The van der Waals surface area contributed by atoms with Crippen LogP contribution in [0.1, 0.15) is 24.9 Å². The zero-order valence-electron chi connectivity index (χ0n) is 15.5. The van der Waals surface area contributed by atoms with E-state index in [1.54, 1.807) is 25.2 Å². The molecule has 0 amide bonds. The number of aromatic nitrogens is 1. The summed E-state index contributed by atoms with van der Waals surface area (Å²) in [5.74, 6) is 0. The number of sulfone groups is 1. The molecule has 0 fully saturated rings. The number of fused-ring (bicyclic) bond motifs is 1. The molecular weight excluding hydrogens is 420 g/mol. The summed E-state index contributed by atoms with van der Waals surface area (Å²) < 4.78 is 53.6. The summed E-state index contributed by atoms with van der Waals surface area (Å²) in [6.45, 7) is 1.84. The highest BCUT2D eigenvalue weighted by Gasteiger charge is 2.22. The van der Waals surface area contributed by atoms with Gasteiger partial charge < -0.3 is 4.57 Å². The molecule has 0 bridgehead atoms. The van der Waals surface area contributed by atoms with Crippen LogP contribution in [0.5, 0.6) is 0 Å². The lowest BCUT2D eigenvalue weighted by Gasteiger charge is -2.18. The highest BCUT2D eigenvalue weighted by atomic mass is 32.2. The Morgan fingerprint density at radius 3 is 2.21 bits per heavy atom. The molecule has 0 saturated heterocycles.